The molecule has 0 aliphatic heterocycles. The predicted octanol–water partition coefficient (Wildman–Crippen LogP) is 7.11. The van der Waals surface area contributed by atoms with Gasteiger partial charge in [-0.15, -0.1) is 0 Å². The van der Waals surface area contributed by atoms with Gasteiger partial charge in [0.25, 0.3) is 0 Å². The number of aryl methyl sites for hydroxylation is 4. The molecule has 0 aliphatic rings. The van der Waals surface area contributed by atoms with Crippen molar-refractivity contribution >= 4 is 166 Å². The Labute approximate surface area is 419 Å². The minimum absolute atomic E-state index is 0. The maximum Gasteiger partial charge on any atom is 0.408 e. The largest absolute Gasteiger partial charge is 0.467 e. The van der Waals surface area contributed by atoms with Crippen LogP contribution in [-0.2, 0) is 161 Å². The van der Waals surface area contributed by atoms with E-state index in [1.165, 1.54) is 52.8 Å². The molecule has 63 heavy (non-hydrogen) atoms. The van der Waals surface area contributed by atoms with Gasteiger partial charge < -0.3 is 14.8 Å². The summed E-state index contributed by atoms with van der Waals surface area (Å²) in [6.07, 6.45) is -0.982. The molecule has 10 nitrogen and oxygen atoms in total. The van der Waals surface area contributed by atoms with Crippen LogP contribution in [0.15, 0.2) is 24.3 Å². The van der Waals surface area contributed by atoms with E-state index in [4.69, 9.17) is 36.6 Å². The van der Waals surface area contributed by atoms with Crippen LogP contribution in [-0.4, -0.2) is 80.0 Å². The van der Waals surface area contributed by atoms with Crippen LogP contribution in [0.2, 0.25) is 14.8 Å². The molecule has 25 heteroatoms. The molecule has 0 fully saturated rings. The fourth-order valence-corrected chi connectivity index (χ4v) is 34.7. The third-order valence-electron chi connectivity index (χ3n) is 7.67. The van der Waals surface area contributed by atoms with Crippen molar-refractivity contribution in [1.29, 1.82) is 0 Å². The second-order valence-electron chi connectivity index (χ2n) is 16.0. The van der Waals surface area contributed by atoms with Gasteiger partial charge in [0.05, 0.1) is 7.11 Å². The fraction of sp³-hybridized carbons (Fsp3) is 0.579. The van der Waals surface area contributed by atoms with Gasteiger partial charge in [0, 0.05) is 126 Å². The number of amides is 2. The maximum atomic E-state index is 14.1. The SMILES string of the molecule is C.COC(=O)[C@H](Cc1cc(C)c(C)c[c]1[Sn]([CH3])([CH3])[CH3])NC(=O)OC(C)(C)C.COC(=O)[C@H](Cc1cc(C)c(C)cc1F)NC(=O)OC(C)(C)C.S=S=S=S=S=S=S=S=S=S=S=S=S. The molecule has 2 rings (SSSR count). The summed E-state index contributed by atoms with van der Waals surface area (Å²) in [5.74, 6) is -1.55. The normalized spacial score (nSPS) is 11.4. The second kappa shape index (κ2) is 33.1. The third kappa shape index (κ3) is 29.8. The zero-order chi connectivity index (χ0) is 47.8. The van der Waals surface area contributed by atoms with Crippen molar-refractivity contribution in [2.24, 2.45) is 0 Å². The van der Waals surface area contributed by atoms with E-state index in [1.807, 2.05) is 6.92 Å². The number of hydrogen-bond acceptors (Lipinski definition) is 10. The molecule has 0 aromatic heterocycles. The first-order chi connectivity index (χ1) is 28.7. The topological polar surface area (TPSA) is 129 Å². The standard InChI is InChI=1S/C17H24FNO4.C17H24NO4.CH4.3CH3.S13.Sn/c1-10-7-12(13(18)8-11(10)2)9-14(15(20)22-6)19-16(21)23-17(3,4)5;1-11-7-8-13(9-12(11)2)10-14(15(19)21-6)18-16(20)22-17(3,4)5;;;;;1-3-5-7-9-11-13-12-10-8-6-4-2;/h7-8,14H,9H2,1-6H3,(H,19,21);7,9,14H,10H2,1-6H3,(H,18,20);1H4;3*1H3;;/t2*14-;;;;;;/m00....../s1. The summed E-state index contributed by atoms with van der Waals surface area (Å²) < 4.78 is 35.4. The Bertz CT molecular complexity index is 2350. The monoisotopic (exact) mass is 1230 g/mol. The van der Waals surface area contributed by atoms with Crippen molar-refractivity contribution < 1.29 is 42.5 Å². The predicted molar refractivity (Wildman–Crippen MR) is 295 cm³/mol. The number of carbonyl (C=O) groups excluding carboxylic acids is 4. The van der Waals surface area contributed by atoms with Gasteiger partial charge in [-0.25, -0.2) is 14.0 Å². The number of carbonyl (C=O) groups is 4. The van der Waals surface area contributed by atoms with Crippen LogP contribution in [0.5, 0.6) is 0 Å². The molecule has 2 atom stereocenters. The Morgan fingerprint density at radius 1 is 0.603 bits per heavy atom. The van der Waals surface area contributed by atoms with Gasteiger partial charge in [0.2, 0.25) is 0 Å². The maximum absolute atomic E-state index is 14.1. The third-order valence-corrected chi connectivity index (χ3v) is 35.8. The van der Waals surface area contributed by atoms with Crippen LogP contribution >= 0.6 is 0 Å². The fourth-order valence-electron chi connectivity index (χ4n) is 4.85. The van der Waals surface area contributed by atoms with Crippen molar-refractivity contribution in [2.45, 2.75) is 128 Å². The molecule has 0 saturated heterocycles. The van der Waals surface area contributed by atoms with Crippen molar-refractivity contribution in [3.63, 3.8) is 0 Å². The first-order valence-electron chi connectivity index (χ1n) is 18.3. The summed E-state index contributed by atoms with van der Waals surface area (Å²) >= 11 is 7.00. The van der Waals surface area contributed by atoms with E-state index in [0.29, 0.717) is 12.0 Å². The van der Waals surface area contributed by atoms with Gasteiger partial charge in [0.1, 0.15) is 17.5 Å². The molecular formula is C38H61FN2O8S13Sn. The van der Waals surface area contributed by atoms with Crippen LogP contribution in [0.1, 0.15) is 82.3 Å². The molecule has 0 unspecified atom stereocenters. The number of benzene rings is 2. The summed E-state index contributed by atoms with van der Waals surface area (Å²) in [5, 5.41) is 5.10. The summed E-state index contributed by atoms with van der Waals surface area (Å²) in [6.45, 7) is 18.3. The average molecular weight is 1230 g/mol. The number of methoxy groups -OCH3 is 2. The van der Waals surface area contributed by atoms with Gasteiger partial charge in [-0.3, -0.25) is 0 Å². The number of ether oxygens (including phenoxy) is 4. The number of rotatable bonds is 9. The van der Waals surface area contributed by atoms with Gasteiger partial charge in [0.15, 0.2) is 0 Å². The molecule has 0 heterocycles. The zero-order valence-electron chi connectivity index (χ0n) is 37.3. The quantitative estimate of drug-likeness (QED) is 0.152. The van der Waals surface area contributed by atoms with Gasteiger partial charge in [-0.2, -0.15) is 0 Å². The Morgan fingerprint density at radius 3 is 1.25 bits per heavy atom. The average Bonchev–Trinajstić information content (AvgIpc) is 3.15. The van der Waals surface area contributed by atoms with E-state index >= 15 is 0 Å². The Kier molecular flexibility index (Phi) is 33.9. The molecule has 0 aliphatic carbocycles. The summed E-state index contributed by atoms with van der Waals surface area (Å²) in [6, 6.07) is 5.67. The van der Waals surface area contributed by atoms with Crippen molar-refractivity contribution in [1.82, 2.24) is 10.6 Å². The van der Waals surface area contributed by atoms with Crippen molar-refractivity contribution in [3.05, 3.63) is 63.5 Å². The molecule has 0 radical (unpaired) electrons. The summed E-state index contributed by atoms with van der Waals surface area (Å²) in [5.41, 5.74) is 4.28. The number of alkyl carbamates (subject to hydrolysis) is 2. The molecule has 2 aromatic rings. The van der Waals surface area contributed by atoms with E-state index in [9.17, 15) is 23.6 Å². The van der Waals surface area contributed by atoms with Gasteiger partial charge in [-0.05, 0) is 57.4 Å². The summed E-state index contributed by atoms with van der Waals surface area (Å²) in [4.78, 5) is 55.2. The molecule has 0 spiro atoms. The molecular weight excluding hydrogens is 1170 g/mol. The molecule has 2 N–H and O–H groups in total. The van der Waals surface area contributed by atoms with Gasteiger partial charge >= 0.3 is 174 Å². The number of halogens is 1. The van der Waals surface area contributed by atoms with E-state index in [2.05, 4.69) is 56.2 Å². The van der Waals surface area contributed by atoms with Crippen LogP contribution in [0, 0.1) is 33.5 Å². The van der Waals surface area contributed by atoms with Gasteiger partial charge in [-0.1, -0.05) is 13.5 Å². The smallest absolute Gasteiger partial charge is 0.408 e. The number of nitrogens with one attached hydrogen (secondary N) is 2. The van der Waals surface area contributed by atoms with Crippen LogP contribution in [0.3, 0.4) is 0 Å². The molecule has 0 saturated carbocycles. The number of hydrogen-bond donors (Lipinski definition) is 2. The molecule has 0 bridgehead atoms. The minimum atomic E-state index is -2.40. The van der Waals surface area contributed by atoms with Crippen LogP contribution < -0.4 is 14.2 Å². The minimum Gasteiger partial charge on any atom is -0.467 e. The molecule has 360 valence electrons. The summed E-state index contributed by atoms with van der Waals surface area (Å²) in [7, 11) is 20.6. The van der Waals surface area contributed by atoms with Crippen LogP contribution in [0.4, 0.5) is 14.0 Å². The Morgan fingerprint density at radius 2 is 0.921 bits per heavy atom. The zero-order valence-corrected chi connectivity index (χ0v) is 50.8. The first-order valence-corrected chi connectivity index (χ1v) is 44.3. The Balaban J connectivity index is 0. The van der Waals surface area contributed by atoms with E-state index in [0.717, 1.165) is 16.7 Å². The molecule has 2 aromatic carbocycles. The Hall–Kier alpha value is -0.491. The van der Waals surface area contributed by atoms with E-state index in [-0.39, 0.29) is 13.8 Å². The molecule has 2 amide bonds. The van der Waals surface area contributed by atoms with E-state index in [1.54, 1.807) is 134 Å². The first kappa shape index (κ1) is 64.6. The number of esters is 2. The van der Waals surface area contributed by atoms with Crippen LogP contribution in [0.25, 0.3) is 0 Å². The van der Waals surface area contributed by atoms with Crippen molar-refractivity contribution in [3.8, 4) is 0 Å². The second-order valence-corrected chi connectivity index (χ2v) is 49.8. The van der Waals surface area contributed by atoms with E-state index < -0.39 is 71.6 Å². The van der Waals surface area contributed by atoms with Crippen molar-refractivity contribution in [2.75, 3.05) is 14.2 Å².